The summed E-state index contributed by atoms with van der Waals surface area (Å²) >= 11 is 0. The summed E-state index contributed by atoms with van der Waals surface area (Å²) in [5.41, 5.74) is 8.41. The van der Waals surface area contributed by atoms with Gasteiger partial charge in [-0.05, 0) is 36.8 Å². The summed E-state index contributed by atoms with van der Waals surface area (Å²) in [4.78, 5) is 16.7. The Morgan fingerprint density at radius 3 is 2.79 bits per heavy atom. The van der Waals surface area contributed by atoms with Crippen molar-refractivity contribution >= 4 is 23.0 Å². The standard InChI is InChI=1S/C20H17N5O3/c1-11-3-4-12(8-21)19(27-2)17(11)20(26)25-13-5-6-15(22)14(7-13)18(23)16-9-24-10-28-16/h3-7,9-10,23H,22H2,1-2H3,(H,25,26). The number of hydrogen-bond acceptors (Lipinski definition) is 7. The van der Waals surface area contributed by atoms with Crippen molar-refractivity contribution in [3.05, 3.63) is 70.9 Å². The number of nitrogens with two attached hydrogens (primary N) is 1. The Hall–Kier alpha value is -4.12. The second-order valence-electron chi connectivity index (χ2n) is 5.95. The third kappa shape index (κ3) is 3.41. The number of nitriles is 1. The molecule has 140 valence electrons. The van der Waals surface area contributed by atoms with Gasteiger partial charge in [-0.15, -0.1) is 0 Å². The van der Waals surface area contributed by atoms with Gasteiger partial charge in [0.05, 0.1) is 24.4 Å². The zero-order valence-electron chi connectivity index (χ0n) is 15.2. The molecule has 0 atom stereocenters. The number of aryl methyl sites for hydroxylation is 1. The van der Waals surface area contributed by atoms with Crippen molar-refractivity contribution < 1.29 is 13.9 Å². The highest BCUT2D eigenvalue weighted by Crippen LogP contribution is 2.28. The first-order valence-corrected chi connectivity index (χ1v) is 8.22. The Labute approximate surface area is 161 Å². The number of benzene rings is 2. The fourth-order valence-electron chi connectivity index (χ4n) is 2.78. The Bertz CT molecular complexity index is 1100. The van der Waals surface area contributed by atoms with E-state index in [0.717, 1.165) is 0 Å². The minimum absolute atomic E-state index is 0.0475. The summed E-state index contributed by atoms with van der Waals surface area (Å²) in [6.45, 7) is 1.76. The molecule has 0 bridgehead atoms. The number of methoxy groups -OCH3 is 1. The maximum absolute atomic E-state index is 12.9. The molecule has 1 aromatic heterocycles. The summed E-state index contributed by atoms with van der Waals surface area (Å²) in [5.74, 6) is 0.0350. The molecule has 0 aliphatic carbocycles. The summed E-state index contributed by atoms with van der Waals surface area (Å²) in [5, 5.41) is 20.2. The van der Waals surface area contributed by atoms with Gasteiger partial charge in [-0.25, -0.2) is 4.98 Å². The number of aromatic nitrogens is 1. The third-order valence-corrected chi connectivity index (χ3v) is 4.18. The third-order valence-electron chi connectivity index (χ3n) is 4.18. The zero-order chi connectivity index (χ0) is 20.3. The lowest BCUT2D eigenvalue weighted by atomic mass is 10.0. The number of ether oxygens (including phenoxy) is 1. The molecule has 0 fully saturated rings. The molecule has 0 aliphatic rings. The van der Waals surface area contributed by atoms with Crippen LogP contribution in [0.3, 0.4) is 0 Å². The molecule has 0 spiro atoms. The first-order chi connectivity index (χ1) is 13.5. The van der Waals surface area contributed by atoms with E-state index in [1.54, 1.807) is 37.3 Å². The highest BCUT2D eigenvalue weighted by Gasteiger charge is 2.20. The molecule has 3 aromatic rings. The SMILES string of the molecule is COc1c(C#N)ccc(C)c1C(=O)Nc1ccc(N)c(C(=N)c2cnco2)c1. The van der Waals surface area contributed by atoms with E-state index in [4.69, 9.17) is 20.3 Å². The molecule has 8 heteroatoms. The van der Waals surface area contributed by atoms with Crippen molar-refractivity contribution in [2.75, 3.05) is 18.2 Å². The number of nitrogens with zero attached hydrogens (tertiary/aromatic N) is 2. The van der Waals surface area contributed by atoms with Crippen LogP contribution in [-0.4, -0.2) is 23.7 Å². The Morgan fingerprint density at radius 2 is 2.14 bits per heavy atom. The predicted molar refractivity (Wildman–Crippen MR) is 104 cm³/mol. The fraction of sp³-hybridized carbons (Fsp3) is 0.100. The summed E-state index contributed by atoms with van der Waals surface area (Å²) < 4.78 is 10.4. The van der Waals surface area contributed by atoms with E-state index in [-0.39, 0.29) is 28.3 Å². The quantitative estimate of drug-likeness (QED) is 0.463. The molecule has 1 amide bonds. The minimum atomic E-state index is -0.437. The van der Waals surface area contributed by atoms with Crippen LogP contribution in [0.15, 0.2) is 47.3 Å². The number of rotatable bonds is 5. The van der Waals surface area contributed by atoms with Crippen LogP contribution in [0.4, 0.5) is 11.4 Å². The molecule has 0 saturated heterocycles. The predicted octanol–water partition coefficient (Wildman–Crippen LogP) is 3.11. The Balaban J connectivity index is 1.95. The number of amides is 1. The summed E-state index contributed by atoms with van der Waals surface area (Å²) in [7, 11) is 1.41. The number of oxazole rings is 1. The van der Waals surface area contributed by atoms with Crippen LogP contribution in [0.2, 0.25) is 0 Å². The summed E-state index contributed by atoms with van der Waals surface area (Å²) in [6, 6.07) is 10.1. The average molecular weight is 375 g/mol. The molecule has 0 radical (unpaired) electrons. The molecular weight excluding hydrogens is 358 g/mol. The van der Waals surface area contributed by atoms with Gasteiger partial charge in [0, 0.05) is 16.9 Å². The Morgan fingerprint density at radius 1 is 1.36 bits per heavy atom. The normalized spacial score (nSPS) is 10.2. The molecule has 28 heavy (non-hydrogen) atoms. The van der Waals surface area contributed by atoms with E-state index in [9.17, 15) is 10.1 Å². The van der Waals surface area contributed by atoms with Gasteiger partial charge in [0.2, 0.25) is 0 Å². The van der Waals surface area contributed by atoms with Gasteiger partial charge in [0.25, 0.3) is 5.91 Å². The fourth-order valence-corrected chi connectivity index (χ4v) is 2.78. The average Bonchev–Trinajstić information content (AvgIpc) is 3.23. The van der Waals surface area contributed by atoms with Crippen molar-refractivity contribution in [1.82, 2.24) is 4.98 Å². The van der Waals surface area contributed by atoms with E-state index in [2.05, 4.69) is 10.3 Å². The molecule has 0 aliphatic heterocycles. The van der Waals surface area contributed by atoms with Gasteiger partial charge in [0.15, 0.2) is 12.2 Å². The van der Waals surface area contributed by atoms with Gasteiger partial charge in [0.1, 0.15) is 17.5 Å². The molecule has 1 heterocycles. The van der Waals surface area contributed by atoms with E-state index in [1.807, 2.05) is 6.07 Å². The monoisotopic (exact) mass is 375 g/mol. The smallest absolute Gasteiger partial charge is 0.259 e. The molecule has 0 saturated carbocycles. The van der Waals surface area contributed by atoms with Crippen molar-refractivity contribution in [3.8, 4) is 11.8 Å². The molecule has 2 aromatic carbocycles. The molecular formula is C20H17N5O3. The highest BCUT2D eigenvalue weighted by atomic mass is 16.5. The number of carbonyl (C=O) groups excluding carboxylic acids is 1. The van der Waals surface area contributed by atoms with Crippen molar-refractivity contribution in [3.63, 3.8) is 0 Å². The molecule has 4 N–H and O–H groups in total. The first-order valence-electron chi connectivity index (χ1n) is 8.22. The van der Waals surface area contributed by atoms with Crippen LogP contribution < -0.4 is 15.8 Å². The van der Waals surface area contributed by atoms with Gasteiger partial charge in [-0.3, -0.25) is 10.2 Å². The molecule has 8 nitrogen and oxygen atoms in total. The van der Waals surface area contributed by atoms with Gasteiger partial charge < -0.3 is 20.2 Å². The van der Waals surface area contributed by atoms with Crippen molar-refractivity contribution in [2.45, 2.75) is 6.92 Å². The lowest BCUT2D eigenvalue weighted by molar-refractivity contribution is 0.102. The lowest BCUT2D eigenvalue weighted by Gasteiger charge is -2.14. The molecule has 3 rings (SSSR count). The Kier molecular flexibility index (Phi) is 5.09. The van der Waals surface area contributed by atoms with Crippen LogP contribution in [0, 0.1) is 23.7 Å². The van der Waals surface area contributed by atoms with Gasteiger partial charge in [-0.1, -0.05) is 6.07 Å². The van der Waals surface area contributed by atoms with E-state index in [0.29, 0.717) is 22.5 Å². The van der Waals surface area contributed by atoms with E-state index < -0.39 is 5.91 Å². The number of hydrogen-bond donors (Lipinski definition) is 3. The number of carbonyl (C=O) groups is 1. The van der Waals surface area contributed by atoms with Crippen LogP contribution in [0.1, 0.15) is 32.8 Å². The van der Waals surface area contributed by atoms with Crippen LogP contribution in [0.5, 0.6) is 5.75 Å². The molecule has 0 unspecified atom stereocenters. The van der Waals surface area contributed by atoms with Gasteiger partial charge >= 0.3 is 0 Å². The maximum Gasteiger partial charge on any atom is 0.259 e. The van der Waals surface area contributed by atoms with Crippen LogP contribution >= 0.6 is 0 Å². The van der Waals surface area contributed by atoms with Crippen molar-refractivity contribution in [2.24, 2.45) is 0 Å². The topological polar surface area (TPSA) is 138 Å². The first kappa shape index (κ1) is 18.7. The minimum Gasteiger partial charge on any atom is -0.495 e. The lowest BCUT2D eigenvalue weighted by Crippen LogP contribution is -2.16. The van der Waals surface area contributed by atoms with Crippen LogP contribution in [-0.2, 0) is 0 Å². The second kappa shape index (κ2) is 7.63. The number of nitrogens with one attached hydrogen (secondary N) is 2. The zero-order valence-corrected chi connectivity index (χ0v) is 15.2. The number of nitrogen functional groups attached to an aromatic ring is 1. The van der Waals surface area contributed by atoms with Gasteiger partial charge in [-0.2, -0.15) is 5.26 Å². The van der Waals surface area contributed by atoms with Crippen molar-refractivity contribution in [1.29, 1.82) is 10.7 Å². The largest absolute Gasteiger partial charge is 0.495 e. The summed E-state index contributed by atoms with van der Waals surface area (Å²) in [6.07, 6.45) is 2.64. The van der Waals surface area contributed by atoms with Crippen LogP contribution in [0.25, 0.3) is 0 Å². The van der Waals surface area contributed by atoms with E-state index >= 15 is 0 Å². The van der Waals surface area contributed by atoms with E-state index in [1.165, 1.54) is 19.7 Å². The number of anilines is 2. The maximum atomic E-state index is 12.9. The second-order valence-corrected chi connectivity index (χ2v) is 5.95. The highest BCUT2D eigenvalue weighted by molar-refractivity contribution is 6.13.